The Morgan fingerprint density at radius 1 is 1.33 bits per heavy atom. The van der Waals surface area contributed by atoms with Gasteiger partial charge < -0.3 is 10.2 Å². The summed E-state index contributed by atoms with van der Waals surface area (Å²) in [6, 6.07) is 6.16. The highest BCUT2D eigenvalue weighted by Crippen LogP contribution is 2.21. The predicted molar refractivity (Wildman–Crippen MR) is 114 cm³/mol. The van der Waals surface area contributed by atoms with Crippen LogP contribution in [0.5, 0.6) is 0 Å². The second kappa shape index (κ2) is 9.26. The third-order valence-electron chi connectivity index (χ3n) is 4.68. The Kier molecular flexibility index (Phi) is 6.77. The van der Waals surface area contributed by atoms with E-state index >= 15 is 0 Å². The van der Waals surface area contributed by atoms with Crippen LogP contribution in [0.3, 0.4) is 0 Å². The molecule has 3 heterocycles. The average molecular weight is 387 g/mol. The van der Waals surface area contributed by atoms with Crippen LogP contribution in [0.2, 0.25) is 0 Å². The van der Waals surface area contributed by atoms with E-state index < -0.39 is 0 Å². The molecular formula is C20H30N6S. The number of hydrogen-bond donors (Lipinski definition) is 1. The molecule has 1 atom stereocenters. The average Bonchev–Trinajstić information content (AvgIpc) is 3.03. The molecule has 1 saturated heterocycles. The van der Waals surface area contributed by atoms with Crippen LogP contribution >= 0.6 is 11.8 Å². The molecule has 0 aliphatic carbocycles. The van der Waals surface area contributed by atoms with Gasteiger partial charge in [0.05, 0.1) is 12.2 Å². The molecule has 1 aliphatic rings. The van der Waals surface area contributed by atoms with Gasteiger partial charge in [0.25, 0.3) is 0 Å². The van der Waals surface area contributed by atoms with E-state index in [1.165, 1.54) is 12.2 Å². The maximum absolute atomic E-state index is 4.86. The molecule has 7 heteroatoms. The van der Waals surface area contributed by atoms with Gasteiger partial charge >= 0.3 is 0 Å². The van der Waals surface area contributed by atoms with Crippen molar-refractivity contribution < 1.29 is 0 Å². The minimum absolute atomic E-state index is 0.632. The van der Waals surface area contributed by atoms with E-state index in [4.69, 9.17) is 4.99 Å². The Labute approximate surface area is 166 Å². The van der Waals surface area contributed by atoms with Gasteiger partial charge in [-0.15, -0.1) is 0 Å². The number of hydrogen-bond acceptors (Lipinski definition) is 4. The maximum Gasteiger partial charge on any atom is 0.194 e. The van der Waals surface area contributed by atoms with Gasteiger partial charge in [0.15, 0.2) is 11.8 Å². The summed E-state index contributed by atoms with van der Waals surface area (Å²) in [5.74, 6) is 3.03. The summed E-state index contributed by atoms with van der Waals surface area (Å²) < 4.78 is 1.88. The summed E-state index contributed by atoms with van der Waals surface area (Å²) in [7, 11) is 0. The number of thioether (sulfide) groups is 1. The second-order valence-electron chi connectivity index (χ2n) is 6.88. The molecule has 1 fully saturated rings. The molecule has 6 nitrogen and oxygen atoms in total. The number of nitrogens with one attached hydrogen (secondary N) is 1. The first-order valence-electron chi connectivity index (χ1n) is 9.74. The fraction of sp³-hybridized carbons (Fsp3) is 0.550. The van der Waals surface area contributed by atoms with Crippen molar-refractivity contribution in [1.82, 2.24) is 25.0 Å². The van der Waals surface area contributed by atoms with Crippen molar-refractivity contribution in [2.75, 3.05) is 25.4 Å². The summed E-state index contributed by atoms with van der Waals surface area (Å²) in [4.78, 5) is 11.8. The van der Waals surface area contributed by atoms with Crippen molar-refractivity contribution >= 4 is 17.7 Å². The molecule has 0 saturated carbocycles. The van der Waals surface area contributed by atoms with Gasteiger partial charge in [0, 0.05) is 42.5 Å². The SMILES string of the molecule is CCNC(=NCc1ccc(-n2nc(C)cc2C)nc1)N1CCSC(CC)C1. The Bertz CT molecular complexity index is 767. The van der Waals surface area contributed by atoms with Gasteiger partial charge in [-0.2, -0.15) is 16.9 Å². The molecular weight excluding hydrogens is 356 g/mol. The number of aromatic nitrogens is 3. The molecule has 0 spiro atoms. The van der Waals surface area contributed by atoms with Gasteiger partial charge in [-0.05, 0) is 44.9 Å². The topological polar surface area (TPSA) is 58.3 Å². The van der Waals surface area contributed by atoms with Gasteiger partial charge in [0.1, 0.15) is 0 Å². The Hall–Kier alpha value is -2.02. The highest BCUT2D eigenvalue weighted by atomic mass is 32.2. The van der Waals surface area contributed by atoms with Crippen LogP contribution in [0.4, 0.5) is 0 Å². The number of aliphatic imine (C=N–C) groups is 1. The highest BCUT2D eigenvalue weighted by molar-refractivity contribution is 8.00. The number of nitrogens with zero attached hydrogens (tertiary/aromatic N) is 5. The van der Waals surface area contributed by atoms with Gasteiger partial charge in [-0.25, -0.2) is 14.7 Å². The molecule has 2 aromatic rings. The van der Waals surface area contributed by atoms with Crippen LogP contribution in [-0.4, -0.2) is 56.3 Å². The largest absolute Gasteiger partial charge is 0.357 e. The van der Waals surface area contributed by atoms with Crippen LogP contribution in [0, 0.1) is 13.8 Å². The lowest BCUT2D eigenvalue weighted by Gasteiger charge is -2.34. The van der Waals surface area contributed by atoms with Crippen molar-refractivity contribution in [3.05, 3.63) is 41.3 Å². The van der Waals surface area contributed by atoms with Crippen molar-refractivity contribution in [3.8, 4) is 5.82 Å². The van der Waals surface area contributed by atoms with Gasteiger partial charge in [-0.3, -0.25) is 0 Å². The minimum Gasteiger partial charge on any atom is -0.357 e. The molecule has 0 bridgehead atoms. The van der Waals surface area contributed by atoms with Crippen LogP contribution < -0.4 is 5.32 Å². The normalized spacial score (nSPS) is 18.0. The van der Waals surface area contributed by atoms with E-state index in [9.17, 15) is 0 Å². The summed E-state index contributed by atoms with van der Waals surface area (Å²) >= 11 is 2.08. The Balaban J connectivity index is 1.69. The number of rotatable bonds is 5. The zero-order valence-corrected chi connectivity index (χ0v) is 17.6. The van der Waals surface area contributed by atoms with E-state index in [2.05, 4.69) is 58.0 Å². The molecule has 0 amide bonds. The molecule has 27 heavy (non-hydrogen) atoms. The van der Waals surface area contributed by atoms with Crippen molar-refractivity contribution in [3.63, 3.8) is 0 Å². The Morgan fingerprint density at radius 3 is 2.81 bits per heavy atom. The van der Waals surface area contributed by atoms with Crippen LogP contribution in [-0.2, 0) is 6.54 Å². The quantitative estimate of drug-likeness (QED) is 0.632. The number of guanidine groups is 1. The van der Waals surface area contributed by atoms with E-state index in [1.54, 1.807) is 0 Å². The van der Waals surface area contributed by atoms with E-state index in [0.29, 0.717) is 11.8 Å². The first-order valence-corrected chi connectivity index (χ1v) is 10.8. The van der Waals surface area contributed by atoms with Gasteiger partial charge in [-0.1, -0.05) is 13.0 Å². The summed E-state index contributed by atoms with van der Waals surface area (Å²) in [6.45, 7) is 12.1. The fourth-order valence-electron chi connectivity index (χ4n) is 3.25. The monoisotopic (exact) mass is 386 g/mol. The van der Waals surface area contributed by atoms with Crippen LogP contribution in [0.15, 0.2) is 29.4 Å². The van der Waals surface area contributed by atoms with Gasteiger partial charge in [0.2, 0.25) is 0 Å². The summed E-state index contributed by atoms with van der Waals surface area (Å²) in [6.07, 6.45) is 3.11. The lowest BCUT2D eigenvalue weighted by molar-refractivity contribution is 0.408. The third-order valence-corrected chi connectivity index (χ3v) is 6.05. The zero-order chi connectivity index (χ0) is 19.2. The molecule has 1 unspecified atom stereocenters. The lowest BCUT2D eigenvalue weighted by Crippen LogP contribution is -2.48. The first kappa shape index (κ1) is 19.7. The lowest BCUT2D eigenvalue weighted by atomic mass is 10.3. The summed E-state index contributed by atoms with van der Waals surface area (Å²) in [5.41, 5.74) is 3.20. The smallest absolute Gasteiger partial charge is 0.194 e. The van der Waals surface area contributed by atoms with E-state index in [0.717, 1.165) is 48.4 Å². The van der Waals surface area contributed by atoms with Crippen molar-refractivity contribution in [2.24, 2.45) is 4.99 Å². The zero-order valence-electron chi connectivity index (χ0n) is 16.8. The molecule has 1 aliphatic heterocycles. The van der Waals surface area contributed by atoms with E-state index in [-0.39, 0.29) is 0 Å². The number of aryl methyl sites for hydroxylation is 2. The molecule has 146 valence electrons. The van der Waals surface area contributed by atoms with Crippen molar-refractivity contribution in [1.29, 1.82) is 0 Å². The molecule has 1 N–H and O–H groups in total. The molecule has 0 radical (unpaired) electrons. The predicted octanol–water partition coefficient (Wildman–Crippen LogP) is 3.18. The fourth-order valence-corrected chi connectivity index (χ4v) is 4.43. The van der Waals surface area contributed by atoms with E-state index in [1.807, 2.05) is 30.8 Å². The molecule has 2 aromatic heterocycles. The Morgan fingerprint density at radius 2 is 2.19 bits per heavy atom. The minimum atomic E-state index is 0.632. The standard InChI is InChI=1S/C20H30N6S/c1-5-18-14-25(9-10-27-18)20(21-6-2)23-13-17-7-8-19(22-12-17)26-16(4)11-15(3)24-26/h7-8,11-12,18H,5-6,9-10,13-14H2,1-4H3,(H,21,23). The highest BCUT2D eigenvalue weighted by Gasteiger charge is 2.21. The number of pyridine rings is 1. The first-order chi connectivity index (χ1) is 13.1. The van der Waals surface area contributed by atoms with Crippen LogP contribution in [0.1, 0.15) is 37.2 Å². The summed E-state index contributed by atoms with van der Waals surface area (Å²) in [5, 5.41) is 8.64. The molecule has 3 rings (SSSR count). The maximum atomic E-state index is 4.86. The third kappa shape index (κ3) is 5.03. The van der Waals surface area contributed by atoms with Crippen molar-refractivity contribution in [2.45, 2.75) is 45.9 Å². The molecule has 0 aromatic carbocycles. The second-order valence-corrected chi connectivity index (χ2v) is 8.29. The van der Waals surface area contributed by atoms with Crippen LogP contribution in [0.25, 0.3) is 5.82 Å².